The molecule has 0 amide bonds. The first-order valence-corrected chi connectivity index (χ1v) is 6.79. The smallest absolute Gasteiger partial charge is 0.0953 e. The Morgan fingerprint density at radius 1 is 1.44 bits per heavy atom. The first kappa shape index (κ1) is 15.0. The fourth-order valence-electron chi connectivity index (χ4n) is 1.72. The highest BCUT2D eigenvalue weighted by atomic mass is 15.1. The van der Waals surface area contributed by atoms with E-state index in [0.717, 1.165) is 13.0 Å². The highest BCUT2D eigenvalue weighted by Gasteiger charge is 2.09. The van der Waals surface area contributed by atoms with Gasteiger partial charge in [-0.05, 0) is 47.1 Å². The molecular formula is C15H27N3. The summed E-state index contributed by atoms with van der Waals surface area (Å²) in [6, 6.07) is 0.451. The van der Waals surface area contributed by atoms with Crippen molar-refractivity contribution < 1.29 is 0 Å². The van der Waals surface area contributed by atoms with Crippen LogP contribution < -0.4 is 5.32 Å². The molecule has 3 nitrogen and oxygen atoms in total. The van der Waals surface area contributed by atoms with E-state index in [0.29, 0.717) is 6.04 Å². The standard InChI is InChI=1S/C15H27N3/c1-7-13(9-17-15(4,5)6)8-14-10-16-11-18(14)12(2)3/h8,10-12,17H,7,9H2,1-6H3. The summed E-state index contributed by atoms with van der Waals surface area (Å²) in [5.74, 6) is 0. The molecule has 0 radical (unpaired) electrons. The molecule has 0 unspecified atom stereocenters. The third-order valence-electron chi connectivity index (χ3n) is 2.90. The van der Waals surface area contributed by atoms with Crippen molar-refractivity contribution >= 4 is 6.08 Å². The van der Waals surface area contributed by atoms with Gasteiger partial charge in [0, 0.05) is 18.1 Å². The van der Waals surface area contributed by atoms with Crippen LogP contribution in [0.5, 0.6) is 0 Å². The van der Waals surface area contributed by atoms with Crippen LogP contribution in [0.2, 0.25) is 0 Å². The molecular weight excluding hydrogens is 222 g/mol. The second-order valence-corrected chi connectivity index (χ2v) is 6.08. The van der Waals surface area contributed by atoms with Gasteiger partial charge in [-0.25, -0.2) is 4.98 Å². The average Bonchev–Trinajstić information content (AvgIpc) is 2.70. The van der Waals surface area contributed by atoms with E-state index in [1.165, 1.54) is 11.3 Å². The van der Waals surface area contributed by atoms with Crippen LogP contribution in [0, 0.1) is 0 Å². The van der Waals surface area contributed by atoms with Crippen molar-refractivity contribution in [1.82, 2.24) is 14.9 Å². The lowest BCUT2D eigenvalue weighted by Crippen LogP contribution is -2.37. The van der Waals surface area contributed by atoms with Gasteiger partial charge in [-0.2, -0.15) is 0 Å². The second kappa shape index (κ2) is 6.19. The molecule has 1 aromatic rings. The summed E-state index contributed by atoms with van der Waals surface area (Å²) >= 11 is 0. The van der Waals surface area contributed by atoms with Crippen molar-refractivity contribution in [3.05, 3.63) is 23.8 Å². The van der Waals surface area contributed by atoms with E-state index in [-0.39, 0.29) is 5.54 Å². The molecule has 0 aliphatic carbocycles. The highest BCUT2D eigenvalue weighted by Crippen LogP contribution is 2.14. The summed E-state index contributed by atoms with van der Waals surface area (Å²) in [6.07, 6.45) is 7.16. The van der Waals surface area contributed by atoms with Crippen LogP contribution in [0.3, 0.4) is 0 Å². The van der Waals surface area contributed by atoms with Crippen LogP contribution in [-0.2, 0) is 0 Å². The summed E-state index contributed by atoms with van der Waals surface area (Å²) in [4.78, 5) is 4.24. The van der Waals surface area contributed by atoms with Crippen LogP contribution >= 0.6 is 0 Å². The van der Waals surface area contributed by atoms with Gasteiger partial charge in [0.05, 0.1) is 18.2 Å². The first-order valence-electron chi connectivity index (χ1n) is 6.79. The largest absolute Gasteiger partial charge is 0.329 e. The van der Waals surface area contributed by atoms with E-state index < -0.39 is 0 Å². The zero-order valence-electron chi connectivity index (χ0n) is 12.6. The van der Waals surface area contributed by atoms with Gasteiger partial charge in [-0.15, -0.1) is 0 Å². The van der Waals surface area contributed by atoms with Crippen molar-refractivity contribution in [3.63, 3.8) is 0 Å². The highest BCUT2D eigenvalue weighted by molar-refractivity contribution is 5.49. The van der Waals surface area contributed by atoms with Gasteiger partial charge in [-0.3, -0.25) is 0 Å². The normalized spacial score (nSPS) is 13.4. The Morgan fingerprint density at radius 2 is 2.11 bits per heavy atom. The zero-order chi connectivity index (χ0) is 13.8. The molecule has 1 rings (SSSR count). The number of hydrogen-bond acceptors (Lipinski definition) is 2. The summed E-state index contributed by atoms with van der Waals surface area (Å²) in [7, 11) is 0. The third kappa shape index (κ3) is 4.65. The quantitative estimate of drug-likeness (QED) is 0.863. The molecule has 0 aliphatic heterocycles. The van der Waals surface area contributed by atoms with Crippen LogP contribution in [0.25, 0.3) is 6.08 Å². The molecule has 1 N–H and O–H groups in total. The van der Waals surface area contributed by atoms with Gasteiger partial charge in [0.25, 0.3) is 0 Å². The Hall–Kier alpha value is -1.09. The molecule has 0 saturated carbocycles. The van der Waals surface area contributed by atoms with Gasteiger partial charge >= 0.3 is 0 Å². The van der Waals surface area contributed by atoms with Crippen molar-refractivity contribution in [2.45, 2.75) is 59.5 Å². The lowest BCUT2D eigenvalue weighted by atomic mass is 10.1. The fraction of sp³-hybridized carbons (Fsp3) is 0.667. The number of imidazole rings is 1. The van der Waals surface area contributed by atoms with Gasteiger partial charge in [-0.1, -0.05) is 12.5 Å². The van der Waals surface area contributed by atoms with E-state index in [4.69, 9.17) is 0 Å². The summed E-state index contributed by atoms with van der Waals surface area (Å²) < 4.78 is 2.20. The topological polar surface area (TPSA) is 29.9 Å². The molecule has 1 aromatic heterocycles. The number of nitrogens with one attached hydrogen (secondary N) is 1. The SMILES string of the molecule is CCC(=Cc1cncn1C(C)C)CNC(C)(C)C. The molecule has 0 saturated heterocycles. The Kier molecular flexibility index (Phi) is 5.15. The van der Waals surface area contributed by atoms with Crippen molar-refractivity contribution in [2.24, 2.45) is 0 Å². The molecule has 0 bridgehead atoms. The molecule has 18 heavy (non-hydrogen) atoms. The van der Waals surface area contributed by atoms with Crippen LogP contribution in [0.1, 0.15) is 59.7 Å². The van der Waals surface area contributed by atoms with E-state index in [1.807, 2.05) is 12.5 Å². The van der Waals surface area contributed by atoms with E-state index in [2.05, 4.69) is 62.5 Å². The van der Waals surface area contributed by atoms with Gasteiger partial charge < -0.3 is 9.88 Å². The molecule has 1 heterocycles. The van der Waals surface area contributed by atoms with Crippen molar-refractivity contribution in [2.75, 3.05) is 6.54 Å². The molecule has 0 aliphatic rings. The lowest BCUT2D eigenvalue weighted by Gasteiger charge is -2.21. The summed E-state index contributed by atoms with van der Waals surface area (Å²) in [5.41, 5.74) is 2.76. The van der Waals surface area contributed by atoms with E-state index >= 15 is 0 Å². The average molecular weight is 249 g/mol. The summed E-state index contributed by atoms with van der Waals surface area (Å²) in [5, 5.41) is 3.54. The molecule has 102 valence electrons. The molecule has 0 aromatic carbocycles. The lowest BCUT2D eigenvalue weighted by molar-refractivity contribution is 0.443. The first-order chi connectivity index (χ1) is 8.33. The summed E-state index contributed by atoms with van der Waals surface area (Å²) in [6.45, 7) is 14.1. The third-order valence-corrected chi connectivity index (χ3v) is 2.90. The number of aromatic nitrogens is 2. The van der Waals surface area contributed by atoms with Crippen LogP contribution in [0.15, 0.2) is 18.1 Å². The Labute approximate surface area is 111 Å². The van der Waals surface area contributed by atoms with Gasteiger partial charge in [0.15, 0.2) is 0 Å². The monoisotopic (exact) mass is 249 g/mol. The Bertz CT molecular complexity index is 394. The molecule has 0 spiro atoms. The van der Waals surface area contributed by atoms with Crippen molar-refractivity contribution in [3.8, 4) is 0 Å². The molecule has 0 atom stereocenters. The maximum atomic E-state index is 4.24. The van der Waals surface area contributed by atoms with Crippen LogP contribution in [-0.4, -0.2) is 21.6 Å². The number of hydrogen-bond donors (Lipinski definition) is 1. The minimum Gasteiger partial charge on any atom is -0.329 e. The minimum absolute atomic E-state index is 0.159. The van der Waals surface area contributed by atoms with Gasteiger partial charge in [0.2, 0.25) is 0 Å². The van der Waals surface area contributed by atoms with Crippen LogP contribution in [0.4, 0.5) is 0 Å². The second-order valence-electron chi connectivity index (χ2n) is 6.08. The van der Waals surface area contributed by atoms with E-state index in [9.17, 15) is 0 Å². The minimum atomic E-state index is 0.159. The van der Waals surface area contributed by atoms with E-state index in [1.54, 1.807) is 0 Å². The predicted molar refractivity (Wildman–Crippen MR) is 78.6 cm³/mol. The zero-order valence-corrected chi connectivity index (χ0v) is 12.6. The van der Waals surface area contributed by atoms with Crippen molar-refractivity contribution in [1.29, 1.82) is 0 Å². The van der Waals surface area contributed by atoms with Gasteiger partial charge in [0.1, 0.15) is 0 Å². The molecule has 0 fully saturated rings. The fourth-order valence-corrected chi connectivity index (χ4v) is 1.72. The maximum Gasteiger partial charge on any atom is 0.0953 e. The maximum absolute atomic E-state index is 4.24. The number of nitrogens with zero attached hydrogens (tertiary/aromatic N) is 2. The molecule has 3 heteroatoms. The Balaban J connectivity index is 2.81. The Morgan fingerprint density at radius 3 is 2.61 bits per heavy atom. The predicted octanol–water partition coefficient (Wildman–Crippen LogP) is 3.65. The number of rotatable bonds is 5.